The van der Waals surface area contributed by atoms with Gasteiger partial charge in [-0.2, -0.15) is 0 Å². The molecule has 2 amide bonds. The molecule has 1 fully saturated rings. The number of imide groups is 1. The van der Waals surface area contributed by atoms with Crippen LogP contribution in [0, 0.1) is 21.8 Å². The maximum Gasteiger partial charge on any atom is 0.279 e. The van der Waals surface area contributed by atoms with Crippen molar-refractivity contribution in [2.45, 2.75) is 6.10 Å². The number of rotatable bonds is 3. The van der Waals surface area contributed by atoms with E-state index in [9.17, 15) is 24.1 Å². The van der Waals surface area contributed by atoms with Crippen molar-refractivity contribution in [2.24, 2.45) is 11.1 Å². The van der Waals surface area contributed by atoms with Gasteiger partial charge in [0.1, 0.15) is 17.4 Å². The summed E-state index contributed by atoms with van der Waals surface area (Å²) in [7, 11) is 0. The molecule has 4 rings (SSSR count). The lowest BCUT2D eigenvalue weighted by molar-refractivity contribution is -0.384. The van der Waals surface area contributed by atoms with Crippen LogP contribution in [0.5, 0.6) is 0 Å². The lowest BCUT2D eigenvalue weighted by Gasteiger charge is -2.15. The van der Waals surface area contributed by atoms with Crippen molar-refractivity contribution in [1.82, 2.24) is 0 Å². The average molecular weight is 355 g/mol. The van der Waals surface area contributed by atoms with Crippen LogP contribution in [-0.4, -0.2) is 28.6 Å². The van der Waals surface area contributed by atoms with Gasteiger partial charge in [0.2, 0.25) is 12.0 Å². The first-order valence-corrected chi connectivity index (χ1v) is 7.60. The molecule has 2 aromatic rings. The van der Waals surface area contributed by atoms with E-state index in [-0.39, 0.29) is 17.1 Å². The fraction of sp³-hybridized carbons (Fsp3) is 0.118. The Bertz CT molecular complexity index is 973. The van der Waals surface area contributed by atoms with Crippen molar-refractivity contribution < 1.29 is 23.7 Å². The smallest absolute Gasteiger partial charge is 0.279 e. The number of hydrogen-bond acceptors (Lipinski definition) is 6. The van der Waals surface area contributed by atoms with Gasteiger partial charge in [-0.05, 0) is 24.3 Å². The topological polar surface area (TPSA) is 102 Å². The highest BCUT2D eigenvalue weighted by atomic mass is 19.1. The molecule has 2 aromatic carbocycles. The summed E-state index contributed by atoms with van der Waals surface area (Å²) in [5, 5.41) is 14.6. The molecule has 0 aliphatic carbocycles. The highest BCUT2D eigenvalue weighted by Crippen LogP contribution is 2.36. The lowest BCUT2D eigenvalue weighted by atomic mass is 9.94. The minimum Gasteiger partial charge on any atom is -0.381 e. The first-order chi connectivity index (χ1) is 12.5. The third-order valence-corrected chi connectivity index (χ3v) is 4.28. The molecule has 2 heterocycles. The standard InChI is InChI=1S/C17H10FN3O5/c18-11-3-1-2-4-12(11)20-16(22)13-14(19-26-15(13)17(20)23)9-5-7-10(8-6-9)21(24)25/h1-8,13,15H/t13-,15+/m0/s1. The van der Waals surface area contributed by atoms with E-state index in [1.54, 1.807) is 0 Å². The molecule has 2 aliphatic heterocycles. The lowest BCUT2D eigenvalue weighted by Crippen LogP contribution is -2.33. The van der Waals surface area contributed by atoms with Gasteiger partial charge in [0, 0.05) is 17.7 Å². The normalized spacial score (nSPS) is 21.4. The molecule has 0 aromatic heterocycles. The minimum atomic E-state index is -1.17. The molecule has 0 radical (unpaired) electrons. The van der Waals surface area contributed by atoms with E-state index >= 15 is 0 Å². The third kappa shape index (κ3) is 2.25. The highest BCUT2D eigenvalue weighted by molar-refractivity contribution is 6.32. The predicted molar refractivity (Wildman–Crippen MR) is 86.9 cm³/mol. The summed E-state index contributed by atoms with van der Waals surface area (Å²) in [5.41, 5.74) is 0.330. The van der Waals surface area contributed by atoms with E-state index < -0.39 is 34.6 Å². The largest absolute Gasteiger partial charge is 0.381 e. The summed E-state index contributed by atoms with van der Waals surface area (Å²) >= 11 is 0. The Balaban J connectivity index is 1.69. The number of hydrogen-bond donors (Lipinski definition) is 0. The second kappa shape index (κ2) is 5.73. The second-order valence-corrected chi connectivity index (χ2v) is 5.75. The first-order valence-electron chi connectivity index (χ1n) is 7.60. The minimum absolute atomic E-state index is 0.119. The molecule has 8 nitrogen and oxygen atoms in total. The van der Waals surface area contributed by atoms with Gasteiger partial charge in [-0.15, -0.1) is 0 Å². The van der Waals surface area contributed by atoms with E-state index in [1.165, 1.54) is 42.5 Å². The Morgan fingerprint density at radius 3 is 2.42 bits per heavy atom. The molecule has 1 saturated heterocycles. The van der Waals surface area contributed by atoms with Gasteiger partial charge < -0.3 is 4.84 Å². The van der Waals surface area contributed by atoms with Crippen LogP contribution < -0.4 is 4.90 Å². The number of para-hydroxylation sites is 1. The number of nitrogens with zero attached hydrogens (tertiary/aromatic N) is 3. The molecule has 0 unspecified atom stereocenters. The molecule has 9 heteroatoms. The van der Waals surface area contributed by atoms with Crippen molar-refractivity contribution in [3.8, 4) is 0 Å². The zero-order chi connectivity index (χ0) is 18.4. The Morgan fingerprint density at radius 2 is 1.77 bits per heavy atom. The summed E-state index contributed by atoms with van der Waals surface area (Å²) in [6.45, 7) is 0. The van der Waals surface area contributed by atoms with E-state index in [0.717, 1.165) is 11.0 Å². The average Bonchev–Trinajstić information content (AvgIpc) is 3.17. The molecule has 2 atom stereocenters. The summed E-state index contributed by atoms with van der Waals surface area (Å²) in [4.78, 5) is 41.4. The number of non-ortho nitro benzene ring substituents is 1. The SMILES string of the molecule is O=C1[C@H]2C(c3ccc([N+](=O)[O-])cc3)=NO[C@H]2C(=O)N1c1ccccc1F. The second-order valence-electron chi connectivity index (χ2n) is 5.75. The quantitative estimate of drug-likeness (QED) is 0.476. The van der Waals surface area contributed by atoms with Crippen molar-refractivity contribution in [3.63, 3.8) is 0 Å². The van der Waals surface area contributed by atoms with Crippen LogP contribution in [0.1, 0.15) is 5.56 Å². The fourth-order valence-electron chi connectivity index (χ4n) is 3.04. The molecule has 0 bridgehead atoms. The number of carbonyl (C=O) groups is 2. The number of oxime groups is 1. The van der Waals surface area contributed by atoms with E-state index in [0.29, 0.717) is 5.56 Å². The third-order valence-electron chi connectivity index (χ3n) is 4.28. The summed E-state index contributed by atoms with van der Waals surface area (Å²) < 4.78 is 14.0. The van der Waals surface area contributed by atoms with Crippen LogP contribution in [0.2, 0.25) is 0 Å². The zero-order valence-electron chi connectivity index (χ0n) is 13.0. The summed E-state index contributed by atoms with van der Waals surface area (Å²) in [6, 6.07) is 10.8. The molecular weight excluding hydrogens is 345 g/mol. The van der Waals surface area contributed by atoms with Crippen molar-refractivity contribution in [3.05, 3.63) is 70.0 Å². The number of carbonyl (C=O) groups excluding carboxylic acids is 2. The number of anilines is 1. The van der Waals surface area contributed by atoms with E-state index in [4.69, 9.17) is 4.84 Å². The van der Waals surface area contributed by atoms with Gasteiger partial charge >= 0.3 is 0 Å². The van der Waals surface area contributed by atoms with Crippen LogP contribution in [0.4, 0.5) is 15.8 Å². The van der Waals surface area contributed by atoms with Gasteiger partial charge in [-0.25, -0.2) is 9.29 Å². The first kappa shape index (κ1) is 15.9. The Morgan fingerprint density at radius 1 is 1.08 bits per heavy atom. The molecule has 130 valence electrons. The molecule has 0 spiro atoms. The van der Waals surface area contributed by atoms with E-state index in [1.807, 2.05) is 0 Å². The Kier molecular flexibility index (Phi) is 3.50. The van der Waals surface area contributed by atoms with Gasteiger partial charge in [0.15, 0.2) is 0 Å². The van der Waals surface area contributed by atoms with Crippen molar-refractivity contribution >= 4 is 28.9 Å². The molecule has 2 aliphatic rings. The zero-order valence-corrected chi connectivity index (χ0v) is 13.0. The maximum atomic E-state index is 14.0. The van der Waals surface area contributed by atoms with Crippen LogP contribution in [0.25, 0.3) is 0 Å². The van der Waals surface area contributed by atoms with Crippen molar-refractivity contribution in [2.75, 3.05) is 4.90 Å². The Labute approximate surface area is 145 Å². The number of amides is 2. The van der Waals surface area contributed by atoms with Gasteiger partial charge in [-0.3, -0.25) is 19.7 Å². The Hall–Kier alpha value is -3.62. The van der Waals surface area contributed by atoms with Gasteiger partial charge in [0.25, 0.3) is 11.6 Å². The van der Waals surface area contributed by atoms with Crippen LogP contribution in [0.15, 0.2) is 53.7 Å². The number of benzene rings is 2. The van der Waals surface area contributed by atoms with Crippen molar-refractivity contribution in [1.29, 1.82) is 0 Å². The number of nitro groups is 1. The van der Waals surface area contributed by atoms with Gasteiger partial charge in [-0.1, -0.05) is 17.3 Å². The summed E-state index contributed by atoms with van der Waals surface area (Å²) in [5.74, 6) is -3.09. The number of fused-ring (bicyclic) bond motifs is 1. The molecule has 0 saturated carbocycles. The highest BCUT2D eigenvalue weighted by Gasteiger charge is 2.56. The molecule has 0 N–H and O–H groups in total. The summed E-state index contributed by atoms with van der Waals surface area (Å²) in [6.07, 6.45) is -1.17. The number of halogens is 1. The monoisotopic (exact) mass is 355 g/mol. The van der Waals surface area contributed by atoms with Crippen LogP contribution in [-0.2, 0) is 14.4 Å². The van der Waals surface area contributed by atoms with Crippen LogP contribution in [0.3, 0.4) is 0 Å². The predicted octanol–water partition coefficient (Wildman–Crippen LogP) is 2.03. The molecule has 26 heavy (non-hydrogen) atoms. The van der Waals surface area contributed by atoms with E-state index in [2.05, 4.69) is 5.16 Å². The van der Waals surface area contributed by atoms with Gasteiger partial charge in [0.05, 0.1) is 10.6 Å². The molecular formula is C17H10FN3O5. The van der Waals surface area contributed by atoms with Crippen LogP contribution >= 0.6 is 0 Å². The maximum absolute atomic E-state index is 14.0. The number of nitro benzene ring substituents is 1. The fourth-order valence-corrected chi connectivity index (χ4v) is 3.04.